The highest BCUT2D eigenvalue weighted by Gasteiger charge is 2.13. The number of aromatic nitrogens is 2. The average molecular weight is 242 g/mol. The van der Waals surface area contributed by atoms with E-state index in [-0.39, 0.29) is 16.5 Å². The number of nitrogens with one attached hydrogen (secondary N) is 1. The maximum Gasteiger partial charge on any atom is 0.260 e. The number of carbonyl (C=O) groups excluding carboxylic acids is 1. The molecule has 0 radical (unpaired) electrons. The molecule has 0 unspecified atom stereocenters. The van der Waals surface area contributed by atoms with E-state index in [1.807, 2.05) is 0 Å². The van der Waals surface area contributed by atoms with E-state index in [9.17, 15) is 9.18 Å². The minimum absolute atomic E-state index is 0.0651. The van der Waals surface area contributed by atoms with Crippen molar-refractivity contribution < 1.29 is 13.7 Å². The molecule has 1 amide bonds. The molecule has 0 aromatic carbocycles. The van der Waals surface area contributed by atoms with Crippen LogP contribution in [-0.4, -0.2) is 16.0 Å². The molecule has 2 aromatic heterocycles. The fourth-order valence-corrected chi connectivity index (χ4v) is 1.23. The maximum absolute atomic E-state index is 12.9. The molecule has 0 saturated heterocycles. The Balaban J connectivity index is 2.24. The Morgan fingerprint density at radius 2 is 2.38 bits per heavy atom. The predicted molar refractivity (Wildman–Crippen MR) is 53.7 cm³/mol. The van der Waals surface area contributed by atoms with Crippen LogP contribution in [0.5, 0.6) is 0 Å². The first-order valence-electron chi connectivity index (χ1n) is 4.19. The van der Waals surface area contributed by atoms with Crippen LogP contribution in [-0.2, 0) is 0 Å². The number of pyridine rings is 1. The van der Waals surface area contributed by atoms with E-state index in [0.29, 0.717) is 0 Å². The molecule has 0 aliphatic heterocycles. The monoisotopic (exact) mass is 241 g/mol. The van der Waals surface area contributed by atoms with Gasteiger partial charge in [0.05, 0.1) is 11.8 Å². The highest BCUT2D eigenvalue weighted by atomic mass is 35.5. The van der Waals surface area contributed by atoms with Gasteiger partial charge in [-0.25, -0.2) is 9.37 Å². The van der Waals surface area contributed by atoms with E-state index >= 15 is 0 Å². The zero-order chi connectivity index (χ0) is 11.5. The lowest BCUT2D eigenvalue weighted by molar-refractivity contribution is 0.102. The molecule has 2 heterocycles. The molecule has 1 N–H and O–H groups in total. The first-order chi connectivity index (χ1) is 7.66. The molecule has 7 heteroatoms. The van der Waals surface area contributed by atoms with Gasteiger partial charge in [0.25, 0.3) is 5.91 Å². The highest BCUT2D eigenvalue weighted by Crippen LogP contribution is 2.15. The Morgan fingerprint density at radius 1 is 1.56 bits per heavy atom. The van der Waals surface area contributed by atoms with Gasteiger partial charge in [0, 0.05) is 6.07 Å². The summed E-state index contributed by atoms with van der Waals surface area (Å²) in [4.78, 5) is 15.1. The number of nitrogens with zero attached hydrogens (tertiary/aromatic N) is 2. The molecule has 0 atom stereocenters. The second-order valence-corrected chi connectivity index (χ2v) is 3.19. The topological polar surface area (TPSA) is 68.0 Å². The normalized spacial score (nSPS) is 10.1. The molecular weight excluding hydrogens is 237 g/mol. The van der Waals surface area contributed by atoms with Crippen molar-refractivity contribution in [3.05, 3.63) is 41.1 Å². The quantitative estimate of drug-likeness (QED) is 0.818. The van der Waals surface area contributed by atoms with Crippen LogP contribution in [0.25, 0.3) is 0 Å². The first-order valence-corrected chi connectivity index (χ1v) is 4.57. The van der Waals surface area contributed by atoms with Crippen LogP contribution in [0, 0.1) is 5.82 Å². The van der Waals surface area contributed by atoms with E-state index in [1.54, 1.807) is 0 Å². The fourth-order valence-electron chi connectivity index (χ4n) is 1.04. The average Bonchev–Trinajstić information content (AvgIpc) is 2.74. The van der Waals surface area contributed by atoms with Gasteiger partial charge < -0.3 is 9.84 Å². The number of rotatable bonds is 2. The number of carbonyl (C=O) groups is 1. The van der Waals surface area contributed by atoms with Crippen LogP contribution in [0.2, 0.25) is 5.15 Å². The summed E-state index contributed by atoms with van der Waals surface area (Å²) in [6, 6.07) is 2.43. The van der Waals surface area contributed by atoms with Gasteiger partial charge in [-0.2, -0.15) is 0 Å². The summed E-state index contributed by atoms with van der Waals surface area (Å²) in [6.45, 7) is 0. The predicted octanol–water partition coefficient (Wildman–Crippen LogP) is 2.11. The molecule has 0 fully saturated rings. The number of amides is 1. The van der Waals surface area contributed by atoms with Crippen molar-refractivity contribution in [3.8, 4) is 0 Å². The minimum Gasteiger partial charge on any atom is -0.363 e. The van der Waals surface area contributed by atoms with Crippen LogP contribution < -0.4 is 5.32 Å². The van der Waals surface area contributed by atoms with E-state index in [2.05, 4.69) is 20.0 Å². The van der Waals surface area contributed by atoms with Crippen LogP contribution in [0.15, 0.2) is 29.1 Å². The highest BCUT2D eigenvalue weighted by molar-refractivity contribution is 6.33. The van der Waals surface area contributed by atoms with Crippen molar-refractivity contribution in [1.29, 1.82) is 0 Å². The fraction of sp³-hybridized carbons (Fsp3) is 0. The molecule has 82 valence electrons. The molecule has 0 aliphatic carbocycles. The Bertz CT molecular complexity index is 515. The third-order valence-corrected chi connectivity index (χ3v) is 2.03. The third-order valence-electron chi connectivity index (χ3n) is 1.73. The Morgan fingerprint density at radius 3 is 3.06 bits per heavy atom. The van der Waals surface area contributed by atoms with Gasteiger partial charge in [-0.05, 0) is 6.07 Å². The molecule has 0 spiro atoms. The lowest BCUT2D eigenvalue weighted by Gasteiger charge is -2.02. The number of halogens is 2. The summed E-state index contributed by atoms with van der Waals surface area (Å²) in [5.74, 6) is -1.04. The van der Waals surface area contributed by atoms with Crippen molar-refractivity contribution in [3.63, 3.8) is 0 Å². The summed E-state index contributed by atoms with van der Waals surface area (Å²) < 4.78 is 17.4. The van der Waals surface area contributed by atoms with E-state index < -0.39 is 11.7 Å². The Kier molecular flexibility index (Phi) is 2.82. The molecular formula is C9H5ClFN3O2. The van der Waals surface area contributed by atoms with Gasteiger partial charge in [0.1, 0.15) is 17.2 Å². The minimum atomic E-state index is -0.644. The molecule has 0 aliphatic rings. The molecule has 0 saturated carbocycles. The lowest BCUT2D eigenvalue weighted by atomic mass is 10.2. The lowest BCUT2D eigenvalue weighted by Crippen LogP contribution is -2.13. The summed E-state index contributed by atoms with van der Waals surface area (Å²) in [7, 11) is 0. The maximum atomic E-state index is 12.9. The molecule has 2 rings (SSSR count). The van der Waals surface area contributed by atoms with Gasteiger partial charge in [-0.1, -0.05) is 16.8 Å². The summed E-state index contributed by atoms with van der Waals surface area (Å²) >= 11 is 5.65. The van der Waals surface area contributed by atoms with Gasteiger partial charge in [0.2, 0.25) is 0 Å². The summed E-state index contributed by atoms with van der Waals surface area (Å²) in [6.07, 6.45) is 2.22. The van der Waals surface area contributed by atoms with E-state index in [1.165, 1.54) is 12.3 Å². The van der Waals surface area contributed by atoms with Crippen LogP contribution in [0.1, 0.15) is 10.4 Å². The zero-order valence-electron chi connectivity index (χ0n) is 7.78. The number of hydrogen-bond donors (Lipinski definition) is 1. The van der Waals surface area contributed by atoms with Gasteiger partial charge in [0.15, 0.2) is 5.82 Å². The van der Waals surface area contributed by atoms with Crippen LogP contribution in [0.3, 0.4) is 0 Å². The largest absolute Gasteiger partial charge is 0.363 e. The zero-order valence-corrected chi connectivity index (χ0v) is 8.53. The first kappa shape index (κ1) is 10.6. The van der Waals surface area contributed by atoms with Crippen molar-refractivity contribution in [2.24, 2.45) is 0 Å². The smallest absolute Gasteiger partial charge is 0.260 e. The van der Waals surface area contributed by atoms with E-state index in [0.717, 1.165) is 12.3 Å². The second kappa shape index (κ2) is 4.28. The third kappa shape index (κ3) is 2.17. The van der Waals surface area contributed by atoms with Crippen molar-refractivity contribution in [1.82, 2.24) is 10.1 Å². The van der Waals surface area contributed by atoms with Gasteiger partial charge in [-0.3, -0.25) is 4.79 Å². The molecule has 5 nitrogen and oxygen atoms in total. The SMILES string of the molecule is O=C(Nc1ccon1)c1cc(F)cnc1Cl. The Labute approximate surface area is 94.2 Å². The summed E-state index contributed by atoms with van der Waals surface area (Å²) in [5, 5.41) is 5.76. The second-order valence-electron chi connectivity index (χ2n) is 2.83. The van der Waals surface area contributed by atoms with E-state index in [4.69, 9.17) is 11.6 Å². The number of anilines is 1. The summed E-state index contributed by atoms with van der Waals surface area (Å²) in [5.41, 5.74) is -0.0651. The van der Waals surface area contributed by atoms with Crippen LogP contribution >= 0.6 is 11.6 Å². The number of hydrogen-bond acceptors (Lipinski definition) is 4. The Hall–Kier alpha value is -1.95. The molecule has 0 bridgehead atoms. The van der Waals surface area contributed by atoms with Crippen molar-refractivity contribution in [2.75, 3.05) is 5.32 Å². The van der Waals surface area contributed by atoms with Gasteiger partial charge >= 0.3 is 0 Å². The van der Waals surface area contributed by atoms with Crippen molar-refractivity contribution >= 4 is 23.3 Å². The standard InChI is InChI=1S/C9H5ClFN3O2/c10-8-6(3-5(11)4-12-8)9(15)13-7-1-2-16-14-7/h1-4H,(H,13,14,15). The molecule has 2 aromatic rings. The van der Waals surface area contributed by atoms with Crippen LogP contribution in [0.4, 0.5) is 10.2 Å². The van der Waals surface area contributed by atoms with Crippen molar-refractivity contribution in [2.45, 2.75) is 0 Å². The van der Waals surface area contributed by atoms with Gasteiger partial charge in [-0.15, -0.1) is 0 Å². The molecule has 16 heavy (non-hydrogen) atoms.